The number of unbranched alkanes of at least 4 members (excludes halogenated alkanes) is 23. The number of aliphatic hydroxyl groups excluding tert-OH is 1. The summed E-state index contributed by atoms with van der Waals surface area (Å²) < 4.78 is 32.6. The molecule has 56 heavy (non-hydrogen) atoms. The number of hydrogen-bond donors (Lipinski definition) is 3. The molecule has 2 unspecified atom stereocenters. The number of amides is 1. The Labute approximate surface area is 346 Å². The number of allylic oxidation sites excluding steroid dienone is 11. The van der Waals surface area contributed by atoms with Crippen molar-refractivity contribution in [2.24, 2.45) is 0 Å². The molecule has 0 saturated carbocycles. The van der Waals surface area contributed by atoms with Crippen LogP contribution in [0.15, 0.2) is 72.9 Å². The van der Waals surface area contributed by atoms with Crippen molar-refractivity contribution in [2.45, 2.75) is 225 Å². The molecule has 6 nitrogen and oxygen atoms in total. The first-order valence-corrected chi connectivity index (χ1v) is 24.7. The van der Waals surface area contributed by atoms with Crippen LogP contribution in [-0.2, 0) is 14.9 Å². The Kier molecular flexibility index (Phi) is 40.7. The first-order chi connectivity index (χ1) is 27.3. The lowest BCUT2D eigenvalue weighted by Crippen LogP contribution is -2.46. The van der Waals surface area contributed by atoms with E-state index in [1.807, 2.05) is 6.08 Å². The molecular weight excluding hydrogens is 715 g/mol. The van der Waals surface area contributed by atoms with E-state index in [2.05, 4.69) is 79.9 Å². The van der Waals surface area contributed by atoms with Crippen molar-refractivity contribution >= 4 is 16.0 Å². The van der Waals surface area contributed by atoms with E-state index in [1.54, 1.807) is 6.08 Å². The summed E-state index contributed by atoms with van der Waals surface area (Å²) in [5, 5.41) is 13.3. The largest absolute Gasteiger partial charge is 0.387 e. The first kappa shape index (κ1) is 53.8. The second-order valence-electron chi connectivity index (χ2n) is 15.7. The molecule has 0 saturated heterocycles. The van der Waals surface area contributed by atoms with Crippen LogP contribution in [0.2, 0.25) is 0 Å². The molecule has 0 aromatic heterocycles. The van der Waals surface area contributed by atoms with E-state index < -0.39 is 28.0 Å². The fourth-order valence-corrected chi connectivity index (χ4v) is 7.45. The second kappa shape index (κ2) is 42.4. The highest BCUT2D eigenvalue weighted by atomic mass is 32.2. The predicted molar refractivity (Wildman–Crippen MR) is 244 cm³/mol. The van der Waals surface area contributed by atoms with Crippen LogP contribution >= 0.6 is 0 Å². The smallest absolute Gasteiger partial charge is 0.267 e. The Morgan fingerprint density at radius 3 is 1.27 bits per heavy atom. The van der Waals surface area contributed by atoms with Gasteiger partial charge in [0.25, 0.3) is 10.1 Å². The van der Waals surface area contributed by atoms with Crippen molar-refractivity contribution in [3.63, 3.8) is 0 Å². The third kappa shape index (κ3) is 42.9. The minimum atomic E-state index is -4.35. The zero-order valence-corrected chi connectivity index (χ0v) is 37.1. The van der Waals surface area contributed by atoms with Gasteiger partial charge in [-0.15, -0.1) is 0 Å². The second-order valence-corrected chi connectivity index (χ2v) is 17.2. The highest BCUT2D eigenvalue weighted by Crippen LogP contribution is 2.15. The van der Waals surface area contributed by atoms with E-state index >= 15 is 0 Å². The molecule has 7 heteroatoms. The van der Waals surface area contributed by atoms with Gasteiger partial charge in [0.05, 0.1) is 17.9 Å². The van der Waals surface area contributed by atoms with Crippen molar-refractivity contribution in [3.05, 3.63) is 72.9 Å². The third-order valence-corrected chi connectivity index (χ3v) is 10.9. The Morgan fingerprint density at radius 2 is 0.857 bits per heavy atom. The maximum atomic E-state index is 12.6. The Hall–Kier alpha value is -2.22. The minimum Gasteiger partial charge on any atom is -0.387 e. The maximum Gasteiger partial charge on any atom is 0.267 e. The summed E-state index contributed by atoms with van der Waals surface area (Å²) in [6, 6.07) is -1.07. The Morgan fingerprint density at radius 1 is 0.500 bits per heavy atom. The van der Waals surface area contributed by atoms with Gasteiger partial charge in [-0.2, -0.15) is 8.42 Å². The number of aliphatic hydroxyl groups is 1. The molecule has 3 N–H and O–H groups in total. The van der Waals surface area contributed by atoms with Gasteiger partial charge in [-0.3, -0.25) is 9.35 Å². The molecule has 0 aliphatic carbocycles. The average molecular weight is 802 g/mol. The molecule has 0 spiro atoms. The van der Waals surface area contributed by atoms with Crippen LogP contribution < -0.4 is 5.32 Å². The molecule has 0 aromatic rings. The number of hydrogen-bond acceptors (Lipinski definition) is 4. The van der Waals surface area contributed by atoms with Gasteiger partial charge in [0.2, 0.25) is 5.91 Å². The summed E-state index contributed by atoms with van der Waals surface area (Å²) in [6.07, 6.45) is 60.3. The Bertz CT molecular complexity index is 1150. The van der Waals surface area contributed by atoms with Crippen LogP contribution in [-0.4, -0.2) is 41.9 Å². The summed E-state index contributed by atoms with van der Waals surface area (Å²) >= 11 is 0. The highest BCUT2D eigenvalue weighted by Gasteiger charge is 2.24. The molecule has 0 aliphatic heterocycles. The lowest BCUT2D eigenvalue weighted by Gasteiger charge is -2.21. The normalized spacial score (nSPS) is 13.9. The van der Waals surface area contributed by atoms with Crippen LogP contribution in [0.1, 0.15) is 213 Å². The monoisotopic (exact) mass is 802 g/mol. The van der Waals surface area contributed by atoms with Crippen LogP contribution in [0.5, 0.6) is 0 Å². The zero-order valence-electron chi connectivity index (χ0n) is 36.2. The molecule has 0 fully saturated rings. The molecular formula is C49H87NO5S. The topological polar surface area (TPSA) is 104 Å². The number of nitrogens with one attached hydrogen (secondary N) is 1. The van der Waals surface area contributed by atoms with Gasteiger partial charge in [0, 0.05) is 6.42 Å². The Balaban J connectivity index is 3.91. The van der Waals surface area contributed by atoms with Crippen molar-refractivity contribution in [2.75, 3.05) is 5.75 Å². The van der Waals surface area contributed by atoms with E-state index in [0.717, 1.165) is 83.5 Å². The summed E-state index contributed by atoms with van der Waals surface area (Å²) in [5.41, 5.74) is 0. The van der Waals surface area contributed by atoms with Gasteiger partial charge in [-0.1, -0.05) is 215 Å². The zero-order chi connectivity index (χ0) is 41.1. The van der Waals surface area contributed by atoms with Gasteiger partial charge in [-0.25, -0.2) is 0 Å². The molecule has 324 valence electrons. The van der Waals surface area contributed by atoms with Crippen molar-refractivity contribution in [1.29, 1.82) is 0 Å². The molecule has 0 aliphatic rings. The summed E-state index contributed by atoms with van der Waals surface area (Å²) in [5.74, 6) is -0.996. The van der Waals surface area contributed by atoms with Crippen LogP contribution in [0.4, 0.5) is 0 Å². The standard InChI is InChI=1S/C49H87NO5S/c1-3-5-7-9-11-13-15-17-19-21-23-24-25-26-27-29-31-33-35-37-39-41-43-45-49(52)50-47(46-56(53,54)55)48(51)44-42-40-38-36-34-32-30-28-22-20-18-16-14-12-10-8-6-4-2/h5,7,11,13,17,19,23-24,26-27,42,44,47-48,51H,3-4,6,8-10,12,14-16,18,20-22,25,28-41,43,45-46H2,1-2H3,(H,50,52)(H,53,54,55)/b7-5-,13-11-,19-17-,24-23-,27-26-,44-42+. The van der Waals surface area contributed by atoms with Gasteiger partial charge in [0.15, 0.2) is 0 Å². The van der Waals surface area contributed by atoms with E-state index in [4.69, 9.17) is 0 Å². The van der Waals surface area contributed by atoms with Gasteiger partial charge in [-0.05, 0) is 64.2 Å². The van der Waals surface area contributed by atoms with E-state index in [9.17, 15) is 22.9 Å². The molecule has 0 radical (unpaired) electrons. The average Bonchev–Trinajstić information content (AvgIpc) is 3.16. The highest BCUT2D eigenvalue weighted by molar-refractivity contribution is 7.85. The van der Waals surface area contributed by atoms with Crippen molar-refractivity contribution in [1.82, 2.24) is 5.32 Å². The fourth-order valence-electron chi connectivity index (χ4n) is 6.71. The predicted octanol–water partition coefficient (Wildman–Crippen LogP) is 14.2. The third-order valence-electron chi connectivity index (χ3n) is 10.1. The molecule has 0 heterocycles. The van der Waals surface area contributed by atoms with E-state index in [0.29, 0.717) is 0 Å². The number of carbonyl (C=O) groups excluding carboxylic acids is 1. The molecule has 0 bridgehead atoms. The maximum absolute atomic E-state index is 12.6. The van der Waals surface area contributed by atoms with Gasteiger partial charge < -0.3 is 10.4 Å². The van der Waals surface area contributed by atoms with Gasteiger partial charge in [0.1, 0.15) is 0 Å². The number of rotatable bonds is 41. The molecule has 0 rings (SSSR count). The lowest BCUT2D eigenvalue weighted by molar-refractivity contribution is -0.122. The SMILES string of the molecule is CC/C=C\C/C=C\C/C=C\C/C=C\C/C=C\CCCCCCCCCC(=O)NC(CS(=O)(=O)O)C(O)/C=C/CCCCCCCCCCCCCCCCCC. The summed E-state index contributed by atoms with van der Waals surface area (Å²) in [4.78, 5) is 12.6. The van der Waals surface area contributed by atoms with Crippen molar-refractivity contribution in [3.8, 4) is 0 Å². The number of carbonyl (C=O) groups is 1. The van der Waals surface area contributed by atoms with Crippen LogP contribution in [0, 0.1) is 0 Å². The minimum absolute atomic E-state index is 0.279. The molecule has 2 atom stereocenters. The summed E-state index contributed by atoms with van der Waals surface area (Å²) in [7, 11) is -4.35. The van der Waals surface area contributed by atoms with E-state index in [1.165, 1.54) is 109 Å². The fraction of sp³-hybridized carbons (Fsp3) is 0.735. The first-order valence-electron chi connectivity index (χ1n) is 23.1. The lowest BCUT2D eigenvalue weighted by atomic mass is 10.0. The quantitative estimate of drug-likeness (QED) is 0.0324. The van der Waals surface area contributed by atoms with Crippen LogP contribution in [0.25, 0.3) is 0 Å². The summed E-state index contributed by atoms with van der Waals surface area (Å²) in [6.45, 7) is 4.42. The molecule has 1 amide bonds. The van der Waals surface area contributed by atoms with Gasteiger partial charge >= 0.3 is 0 Å². The van der Waals surface area contributed by atoms with E-state index in [-0.39, 0.29) is 12.3 Å². The van der Waals surface area contributed by atoms with Crippen molar-refractivity contribution < 1.29 is 22.9 Å². The van der Waals surface area contributed by atoms with Crippen LogP contribution in [0.3, 0.4) is 0 Å². The molecule has 0 aromatic carbocycles.